The van der Waals surface area contributed by atoms with Crippen LogP contribution in [0.5, 0.6) is 5.75 Å². The molecule has 1 unspecified atom stereocenters. The van der Waals surface area contributed by atoms with Crippen LogP contribution in [0.25, 0.3) is 21.3 Å². The fourth-order valence-electron chi connectivity index (χ4n) is 6.46. The quantitative estimate of drug-likeness (QED) is 0.308. The predicted octanol–water partition coefficient (Wildman–Crippen LogP) is 5.09. The lowest BCUT2D eigenvalue weighted by molar-refractivity contribution is -0.138. The number of ether oxygens (including phenoxy) is 1. The lowest BCUT2D eigenvalue weighted by Gasteiger charge is -2.28. The summed E-state index contributed by atoms with van der Waals surface area (Å²) >= 11 is 8.24. The molecule has 1 aliphatic carbocycles. The highest BCUT2D eigenvalue weighted by Gasteiger charge is 2.36. The maximum Gasteiger partial charge on any atom is 0.230 e. The third kappa shape index (κ3) is 4.22. The zero-order valence-corrected chi connectivity index (χ0v) is 24.3. The van der Waals surface area contributed by atoms with Gasteiger partial charge >= 0.3 is 0 Å². The van der Waals surface area contributed by atoms with Crippen LogP contribution in [0, 0.1) is 0 Å². The molecule has 2 atom stereocenters. The van der Waals surface area contributed by atoms with Crippen molar-refractivity contribution in [2.24, 2.45) is 7.05 Å². The summed E-state index contributed by atoms with van der Waals surface area (Å²) in [6.45, 7) is 0.282. The molecule has 1 fully saturated rings. The van der Waals surface area contributed by atoms with Crippen LogP contribution in [0.1, 0.15) is 52.8 Å². The molecular formula is C30H30ClN5O3S. The number of hydrogen-bond donors (Lipinski definition) is 0. The van der Waals surface area contributed by atoms with Gasteiger partial charge in [0.15, 0.2) is 0 Å². The van der Waals surface area contributed by atoms with E-state index in [2.05, 4.69) is 24.0 Å². The number of imide groups is 1. The molecule has 1 aromatic carbocycles. The number of thiophene rings is 1. The minimum absolute atomic E-state index is 0.114. The van der Waals surface area contributed by atoms with Crippen LogP contribution in [0.3, 0.4) is 0 Å². The van der Waals surface area contributed by atoms with E-state index in [1.165, 1.54) is 16.2 Å². The molecular weight excluding hydrogens is 546 g/mol. The Morgan fingerprint density at radius 1 is 1.10 bits per heavy atom. The Hall–Kier alpha value is -3.27. The van der Waals surface area contributed by atoms with E-state index in [0.29, 0.717) is 11.1 Å². The molecule has 2 amide bonds. The van der Waals surface area contributed by atoms with Gasteiger partial charge in [-0.3, -0.25) is 24.2 Å². The van der Waals surface area contributed by atoms with Crippen LogP contribution >= 0.6 is 22.9 Å². The maximum absolute atomic E-state index is 12.2. The molecule has 1 saturated heterocycles. The van der Waals surface area contributed by atoms with Gasteiger partial charge in [0.25, 0.3) is 0 Å². The summed E-state index contributed by atoms with van der Waals surface area (Å²) in [6.07, 6.45) is 6.02. The molecule has 3 aromatic heterocycles. The second kappa shape index (κ2) is 9.68. The van der Waals surface area contributed by atoms with Gasteiger partial charge in [0.2, 0.25) is 11.8 Å². The van der Waals surface area contributed by atoms with E-state index in [1.54, 1.807) is 17.5 Å². The van der Waals surface area contributed by atoms with Crippen molar-refractivity contribution in [1.82, 2.24) is 24.6 Å². The molecule has 5 heterocycles. The van der Waals surface area contributed by atoms with Gasteiger partial charge in [-0.1, -0.05) is 11.6 Å². The molecule has 8 nitrogen and oxygen atoms in total. The topological polar surface area (TPSA) is 80.6 Å². The standard InChI is InChI=1S/C30H30ClN5O3S/c1-34(2)18-4-5-23-22(13-18)28(35(3)33-23)25-11-16-10-17(31)12-21(29(16)39-25)20-8-9-32-24-14-19(40-30(20)24)15-36-26(37)6-7-27(36)38/h8-10,12,14,18,25H,4-7,11,13,15H2,1-3H3/t18-,25?/m0/s1. The first-order valence-electron chi connectivity index (χ1n) is 13.7. The molecule has 0 bridgehead atoms. The number of halogens is 1. The van der Waals surface area contributed by atoms with Crippen LogP contribution < -0.4 is 4.74 Å². The first-order valence-corrected chi connectivity index (χ1v) is 14.9. The van der Waals surface area contributed by atoms with Gasteiger partial charge < -0.3 is 9.64 Å². The Morgan fingerprint density at radius 3 is 2.67 bits per heavy atom. The second-order valence-electron chi connectivity index (χ2n) is 11.2. The molecule has 0 spiro atoms. The first-order chi connectivity index (χ1) is 19.3. The third-order valence-electron chi connectivity index (χ3n) is 8.48. The Balaban J connectivity index is 1.25. The van der Waals surface area contributed by atoms with Gasteiger partial charge in [0.1, 0.15) is 11.9 Å². The number of rotatable bonds is 5. The normalized spacial score (nSPS) is 20.5. The van der Waals surface area contributed by atoms with Gasteiger partial charge in [-0.15, -0.1) is 11.3 Å². The van der Waals surface area contributed by atoms with Crippen LogP contribution in [0.15, 0.2) is 30.5 Å². The van der Waals surface area contributed by atoms with Crippen molar-refractivity contribution in [3.8, 4) is 16.9 Å². The van der Waals surface area contributed by atoms with Crippen LogP contribution in [-0.2, 0) is 42.4 Å². The smallest absolute Gasteiger partial charge is 0.230 e. The molecule has 0 radical (unpaired) electrons. The number of aryl methyl sites for hydroxylation is 2. The van der Waals surface area contributed by atoms with E-state index in [-0.39, 0.29) is 37.3 Å². The zero-order chi connectivity index (χ0) is 27.7. The van der Waals surface area contributed by atoms with Crippen molar-refractivity contribution in [2.45, 2.75) is 57.2 Å². The summed E-state index contributed by atoms with van der Waals surface area (Å²) in [5, 5.41) is 5.54. The fraction of sp³-hybridized carbons (Fsp3) is 0.400. The molecule has 10 heteroatoms. The van der Waals surface area contributed by atoms with Gasteiger partial charge in [0.05, 0.1) is 28.1 Å². The van der Waals surface area contributed by atoms with Gasteiger partial charge in [-0.05, 0) is 57.6 Å². The summed E-state index contributed by atoms with van der Waals surface area (Å²) in [5.41, 5.74) is 7.48. The number of likely N-dealkylation sites (N-methyl/N-ethyl adjacent to an activating group) is 1. The number of likely N-dealkylation sites (tertiary alicyclic amines) is 1. The Labute approximate surface area is 241 Å². The van der Waals surface area contributed by atoms with Crippen LogP contribution in [0.2, 0.25) is 5.02 Å². The third-order valence-corrected chi connectivity index (χ3v) is 9.84. The number of benzene rings is 1. The molecule has 3 aliphatic rings. The summed E-state index contributed by atoms with van der Waals surface area (Å²) in [4.78, 5) is 33.6. The molecule has 206 valence electrons. The van der Waals surface area contributed by atoms with Crippen molar-refractivity contribution < 1.29 is 14.3 Å². The molecule has 0 N–H and O–H groups in total. The lowest BCUT2D eigenvalue weighted by atomic mass is 9.89. The number of aromatic nitrogens is 3. The monoisotopic (exact) mass is 575 g/mol. The highest BCUT2D eigenvalue weighted by molar-refractivity contribution is 7.19. The van der Waals surface area contributed by atoms with E-state index >= 15 is 0 Å². The summed E-state index contributed by atoms with van der Waals surface area (Å²) in [7, 11) is 6.32. The average molecular weight is 576 g/mol. The van der Waals surface area contributed by atoms with Crippen molar-refractivity contribution in [1.29, 1.82) is 0 Å². The number of fused-ring (bicyclic) bond motifs is 3. The summed E-state index contributed by atoms with van der Waals surface area (Å²) in [5.74, 6) is 0.616. The molecule has 0 saturated carbocycles. The lowest BCUT2D eigenvalue weighted by Crippen LogP contribution is -2.33. The van der Waals surface area contributed by atoms with E-state index in [1.807, 2.05) is 36.0 Å². The number of pyridine rings is 1. The van der Waals surface area contributed by atoms with Crippen molar-refractivity contribution in [3.05, 3.63) is 62.9 Å². The van der Waals surface area contributed by atoms with Crippen molar-refractivity contribution in [3.63, 3.8) is 0 Å². The fourth-order valence-corrected chi connectivity index (χ4v) is 7.83. The highest BCUT2D eigenvalue weighted by Crippen LogP contribution is 2.48. The molecule has 40 heavy (non-hydrogen) atoms. The molecule has 2 aliphatic heterocycles. The second-order valence-corrected chi connectivity index (χ2v) is 12.8. The Kier molecular flexibility index (Phi) is 6.21. The van der Waals surface area contributed by atoms with Gasteiger partial charge in [-0.2, -0.15) is 5.10 Å². The SMILES string of the molecule is CN(C)[C@H]1CCc2nn(C)c(C3Cc4cc(Cl)cc(-c5ccnc6cc(CN7C(=O)CCC7=O)sc56)c4O3)c2C1. The predicted molar refractivity (Wildman–Crippen MR) is 155 cm³/mol. The summed E-state index contributed by atoms with van der Waals surface area (Å²) < 4.78 is 9.78. The molecule has 7 rings (SSSR count). The molecule has 4 aromatic rings. The number of carbonyl (C=O) groups excluding carboxylic acids is 2. The van der Waals surface area contributed by atoms with Gasteiger partial charge in [0, 0.05) is 70.7 Å². The Morgan fingerprint density at radius 2 is 1.90 bits per heavy atom. The summed E-state index contributed by atoms with van der Waals surface area (Å²) in [6, 6.07) is 8.43. The van der Waals surface area contributed by atoms with E-state index in [9.17, 15) is 9.59 Å². The van der Waals surface area contributed by atoms with E-state index in [0.717, 1.165) is 68.9 Å². The minimum atomic E-state index is -0.141. The van der Waals surface area contributed by atoms with E-state index < -0.39 is 0 Å². The van der Waals surface area contributed by atoms with Crippen molar-refractivity contribution >= 4 is 45.0 Å². The number of nitrogens with zero attached hydrogens (tertiary/aromatic N) is 5. The van der Waals surface area contributed by atoms with E-state index in [4.69, 9.17) is 21.4 Å². The van der Waals surface area contributed by atoms with Crippen LogP contribution in [-0.4, -0.2) is 56.5 Å². The van der Waals surface area contributed by atoms with Crippen molar-refractivity contribution in [2.75, 3.05) is 14.1 Å². The van der Waals surface area contributed by atoms with Gasteiger partial charge in [-0.25, -0.2) is 0 Å². The largest absolute Gasteiger partial charge is 0.483 e. The maximum atomic E-state index is 12.2. The van der Waals surface area contributed by atoms with Crippen LogP contribution in [0.4, 0.5) is 0 Å². The number of hydrogen-bond acceptors (Lipinski definition) is 7. The average Bonchev–Trinajstić information content (AvgIpc) is 3.68. The minimum Gasteiger partial charge on any atom is -0.483 e. The Bertz CT molecular complexity index is 1680. The number of amides is 2. The zero-order valence-electron chi connectivity index (χ0n) is 22.7. The highest BCUT2D eigenvalue weighted by atomic mass is 35.5. The first kappa shape index (κ1) is 25.7. The number of carbonyl (C=O) groups is 2.